The first-order valence-electron chi connectivity index (χ1n) is 5.43. The molecular formula is C14H21. The maximum Gasteiger partial charge on any atom is 0.00241 e. The Labute approximate surface area is 88.4 Å². The van der Waals surface area contributed by atoms with Gasteiger partial charge in [-0.1, -0.05) is 64.4 Å². The van der Waals surface area contributed by atoms with E-state index in [-0.39, 0.29) is 0 Å². The van der Waals surface area contributed by atoms with Crippen molar-refractivity contribution in [1.82, 2.24) is 0 Å². The molecule has 0 aliphatic carbocycles. The summed E-state index contributed by atoms with van der Waals surface area (Å²) in [7, 11) is 0. The molecule has 0 N–H and O–H groups in total. The summed E-state index contributed by atoms with van der Waals surface area (Å²) in [4.78, 5) is 0. The van der Waals surface area contributed by atoms with E-state index in [9.17, 15) is 0 Å². The lowest BCUT2D eigenvalue weighted by molar-refractivity contribution is 0.335. The Balaban J connectivity index is 2.64. The van der Waals surface area contributed by atoms with Crippen LogP contribution in [0.3, 0.4) is 0 Å². The summed E-state index contributed by atoms with van der Waals surface area (Å²) < 4.78 is 0. The summed E-state index contributed by atoms with van der Waals surface area (Å²) in [5.74, 6) is 1.50. The summed E-state index contributed by atoms with van der Waals surface area (Å²) in [5.41, 5.74) is 1.81. The second-order valence-electron chi connectivity index (χ2n) is 4.84. The molecule has 0 heteroatoms. The smallest absolute Gasteiger partial charge is 0.00241 e. The molecule has 0 saturated carbocycles. The number of hydrogen-bond donors (Lipinski definition) is 0. The molecule has 1 radical (unpaired) electrons. The molecule has 0 heterocycles. The molecule has 1 aromatic carbocycles. The van der Waals surface area contributed by atoms with Gasteiger partial charge in [-0.05, 0) is 17.4 Å². The molecule has 14 heavy (non-hydrogen) atoms. The average Bonchev–Trinajstić information content (AvgIpc) is 2.19. The van der Waals surface area contributed by atoms with E-state index in [1.54, 1.807) is 0 Å². The third kappa shape index (κ3) is 3.17. The maximum absolute atomic E-state index is 2.33. The minimum absolute atomic E-state index is 0.430. The van der Waals surface area contributed by atoms with Gasteiger partial charge in [-0.25, -0.2) is 0 Å². The fraction of sp³-hybridized carbons (Fsp3) is 0.500. The Kier molecular flexibility index (Phi) is 3.74. The standard InChI is InChI=1S/C14H21/c1-5-14(3,4)11-12(2)13-9-7-6-8-10-13/h6-10H,5,11H2,1-4H3. The lowest BCUT2D eigenvalue weighted by atomic mass is 9.79. The SMILES string of the molecule is CCC(C)(C)C[C](C)c1ccccc1. The van der Waals surface area contributed by atoms with Crippen molar-refractivity contribution in [3.8, 4) is 0 Å². The summed E-state index contributed by atoms with van der Waals surface area (Å²) in [6, 6.07) is 10.7. The van der Waals surface area contributed by atoms with Gasteiger partial charge in [0.05, 0.1) is 0 Å². The van der Waals surface area contributed by atoms with Gasteiger partial charge in [0.1, 0.15) is 0 Å². The lowest BCUT2D eigenvalue weighted by Gasteiger charge is -2.26. The van der Waals surface area contributed by atoms with Crippen molar-refractivity contribution in [1.29, 1.82) is 0 Å². The van der Waals surface area contributed by atoms with Gasteiger partial charge in [0.15, 0.2) is 0 Å². The first-order chi connectivity index (χ1) is 6.55. The van der Waals surface area contributed by atoms with Gasteiger partial charge in [-0.15, -0.1) is 0 Å². The van der Waals surface area contributed by atoms with E-state index in [1.165, 1.54) is 24.3 Å². The summed E-state index contributed by atoms with van der Waals surface area (Å²) in [6.07, 6.45) is 2.42. The molecule has 0 aromatic heterocycles. The van der Waals surface area contributed by atoms with Crippen LogP contribution in [0.15, 0.2) is 30.3 Å². The van der Waals surface area contributed by atoms with Crippen molar-refractivity contribution in [3.63, 3.8) is 0 Å². The molecule has 1 rings (SSSR count). The highest BCUT2D eigenvalue weighted by atomic mass is 14.2. The van der Waals surface area contributed by atoms with Crippen LogP contribution in [0, 0.1) is 11.3 Å². The Morgan fingerprint density at radius 1 is 1.14 bits per heavy atom. The number of hydrogen-bond acceptors (Lipinski definition) is 0. The molecule has 0 unspecified atom stereocenters. The highest BCUT2D eigenvalue weighted by molar-refractivity contribution is 5.29. The highest BCUT2D eigenvalue weighted by Crippen LogP contribution is 2.32. The van der Waals surface area contributed by atoms with E-state index in [4.69, 9.17) is 0 Å². The van der Waals surface area contributed by atoms with Crippen molar-refractivity contribution in [2.24, 2.45) is 5.41 Å². The normalized spacial score (nSPS) is 12.1. The Morgan fingerprint density at radius 2 is 1.71 bits per heavy atom. The topological polar surface area (TPSA) is 0 Å². The first kappa shape index (κ1) is 11.3. The van der Waals surface area contributed by atoms with Gasteiger partial charge in [0, 0.05) is 5.92 Å². The van der Waals surface area contributed by atoms with E-state index in [0.29, 0.717) is 5.41 Å². The zero-order valence-electron chi connectivity index (χ0n) is 9.80. The maximum atomic E-state index is 2.33. The van der Waals surface area contributed by atoms with E-state index in [1.807, 2.05) is 0 Å². The van der Waals surface area contributed by atoms with E-state index < -0.39 is 0 Å². The fourth-order valence-corrected chi connectivity index (χ4v) is 1.67. The third-order valence-electron chi connectivity index (χ3n) is 2.97. The Morgan fingerprint density at radius 3 is 2.21 bits per heavy atom. The van der Waals surface area contributed by atoms with Crippen molar-refractivity contribution < 1.29 is 0 Å². The van der Waals surface area contributed by atoms with Crippen LogP contribution in [0.2, 0.25) is 0 Å². The van der Waals surface area contributed by atoms with Gasteiger partial charge in [-0.3, -0.25) is 0 Å². The number of rotatable bonds is 4. The monoisotopic (exact) mass is 189 g/mol. The van der Waals surface area contributed by atoms with E-state index in [2.05, 4.69) is 58.0 Å². The van der Waals surface area contributed by atoms with Crippen LogP contribution in [0.25, 0.3) is 0 Å². The van der Waals surface area contributed by atoms with Crippen LogP contribution in [0.4, 0.5) is 0 Å². The zero-order valence-corrected chi connectivity index (χ0v) is 9.80. The molecule has 1 aromatic rings. The van der Waals surface area contributed by atoms with Gasteiger partial charge in [0.25, 0.3) is 0 Å². The molecule has 0 amide bonds. The van der Waals surface area contributed by atoms with Crippen molar-refractivity contribution >= 4 is 0 Å². The molecule has 0 aliphatic heterocycles. The summed E-state index contributed by atoms with van der Waals surface area (Å²) in [5, 5.41) is 0. The van der Waals surface area contributed by atoms with Gasteiger partial charge >= 0.3 is 0 Å². The quantitative estimate of drug-likeness (QED) is 0.656. The van der Waals surface area contributed by atoms with Gasteiger partial charge < -0.3 is 0 Å². The molecule has 0 nitrogen and oxygen atoms in total. The van der Waals surface area contributed by atoms with Crippen LogP contribution in [0.5, 0.6) is 0 Å². The van der Waals surface area contributed by atoms with Crippen LogP contribution in [0.1, 0.15) is 46.1 Å². The van der Waals surface area contributed by atoms with E-state index >= 15 is 0 Å². The van der Waals surface area contributed by atoms with Crippen molar-refractivity contribution in [2.75, 3.05) is 0 Å². The molecule has 77 valence electrons. The fourth-order valence-electron chi connectivity index (χ4n) is 1.67. The molecule has 0 saturated heterocycles. The molecule has 0 fully saturated rings. The number of benzene rings is 1. The Hall–Kier alpha value is -0.780. The van der Waals surface area contributed by atoms with Gasteiger partial charge in [0.2, 0.25) is 0 Å². The van der Waals surface area contributed by atoms with Crippen molar-refractivity contribution in [3.05, 3.63) is 41.8 Å². The summed E-state index contributed by atoms with van der Waals surface area (Å²) in [6.45, 7) is 9.17. The predicted octanol–water partition coefficient (Wildman–Crippen LogP) is 4.46. The molecular weight excluding hydrogens is 168 g/mol. The second-order valence-corrected chi connectivity index (χ2v) is 4.84. The second kappa shape index (κ2) is 4.63. The molecule has 0 spiro atoms. The lowest BCUT2D eigenvalue weighted by Crippen LogP contribution is -2.13. The minimum atomic E-state index is 0.430. The zero-order chi connectivity index (χ0) is 10.6. The van der Waals surface area contributed by atoms with Crippen LogP contribution < -0.4 is 0 Å². The average molecular weight is 189 g/mol. The van der Waals surface area contributed by atoms with Gasteiger partial charge in [-0.2, -0.15) is 0 Å². The van der Waals surface area contributed by atoms with Crippen molar-refractivity contribution in [2.45, 2.75) is 40.5 Å². The predicted molar refractivity (Wildman–Crippen MR) is 63.2 cm³/mol. The third-order valence-corrected chi connectivity index (χ3v) is 2.97. The summed E-state index contributed by atoms with van der Waals surface area (Å²) >= 11 is 0. The Bertz CT molecular complexity index is 259. The minimum Gasteiger partial charge on any atom is -0.0649 e. The first-order valence-corrected chi connectivity index (χ1v) is 5.43. The molecule has 0 bridgehead atoms. The van der Waals surface area contributed by atoms with E-state index in [0.717, 1.165) is 0 Å². The largest absolute Gasteiger partial charge is 0.0649 e. The van der Waals surface area contributed by atoms with Crippen LogP contribution in [-0.2, 0) is 0 Å². The highest BCUT2D eigenvalue weighted by Gasteiger charge is 2.19. The van der Waals surface area contributed by atoms with Crippen LogP contribution in [-0.4, -0.2) is 0 Å². The molecule has 0 aliphatic rings. The molecule has 0 atom stereocenters. The van der Waals surface area contributed by atoms with Crippen LogP contribution >= 0.6 is 0 Å².